The first kappa shape index (κ1) is 18.8. The lowest BCUT2D eigenvalue weighted by molar-refractivity contribution is 0.0376. The topological polar surface area (TPSA) is 49.4 Å². The average molecular weight is 371 g/mol. The van der Waals surface area contributed by atoms with Crippen LogP contribution in [0.1, 0.15) is 23.6 Å². The first-order valence-corrected chi connectivity index (χ1v) is 9.53. The fourth-order valence-electron chi connectivity index (χ4n) is 3.07. The Kier molecular flexibility index (Phi) is 7.37. The highest BCUT2D eigenvalue weighted by molar-refractivity contribution is 7.80. The molecule has 2 aromatic rings. The van der Waals surface area contributed by atoms with Gasteiger partial charge in [0.1, 0.15) is 0 Å². The van der Waals surface area contributed by atoms with Crippen LogP contribution in [-0.4, -0.2) is 54.4 Å². The molecule has 0 unspecified atom stereocenters. The quantitative estimate of drug-likeness (QED) is 0.576. The molecule has 26 heavy (non-hydrogen) atoms. The van der Waals surface area contributed by atoms with Crippen LogP contribution in [0.25, 0.3) is 0 Å². The molecule has 0 amide bonds. The predicted molar refractivity (Wildman–Crippen MR) is 108 cm³/mol. The molecule has 1 aliphatic heterocycles. The van der Waals surface area contributed by atoms with Crippen molar-refractivity contribution in [3.05, 3.63) is 66.0 Å². The first-order chi connectivity index (χ1) is 12.8. The predicted octanol–water partition coefficient (Wildman–Crippen LogP) is 2.36. The number of nitrogens with one attached hydrogen (secondary N) is 2. The van der Waals surface area contributed by atoms with Crippen LogP contribution in [0.5, 0.6) is 0 Å². The maximum absolute atomic E-state index is 5.53. The summed E-state index contributed by atoms with van der Waals surface area (Å²) in [5.74, 6) is 0. The summed E-state index contributed by atoms with van der Waals surface area (Å²) in [6, 6.07) is 14.4. The Balaban J connectivity index is 1.51. The van der Waals surface area contributed by atoms with Crippen LogP contribution in [-0.2, 0) is 4.74 Å². The Morgan fingerprint density at radius 2 is 1.77 bits per heavy atom. The summed E-state index contributed by atoms with van der Waals surface area (Å²) in [7, 11) is 0. The fraction of sp³-hybridized carbons (Fsp3) is 0.400. The zero-order valence-corrected chi connectivity index (χ0v) is 15.8. The van der Waals surface area contributed by atoms with E-state index in [1.807, 2.05) is 42.7 Å². The van der Waals surface area contributed by atoms with Gasteiger partial charge in [0, 0.05) is 32.0 Å². The summed E-state index contributed by atoms with van der Waals surface area (Å²) in [5.41, 5.74) is 2.32. The van der Waals surface area contributed by atoms with Crippen molar-refractivity contribution in [2.45, 2.75) is 12.5 Å². The van der Waals surface area contributed by atoms with Crippen molar-refractivity contribution in [2.24, 2.45) is 0 Å². The van der Waals surface area contributed by atoms with Crippen LogP contribution in [0, 0.1) is 0 Å². The monoisotopic (exact) mass is 370 g/mol. The summed E-state index contributed by atoms with van der Waals surface area (Å²) < 4.78 is 5.38. The van der Waals surface area contributed by atoms with Gasteiger partial charge in [-0.05, 0) is 48.4 Å². The Hall–Kier alpha value is -2.02. The maximum Gasteiger partial charge on any atom is 0.167 e. The molecule has 0 radical (unpaired) electrons. The van der Waals surface area contributed by atoms with Crippen LogP contribution < -0.4 is 10.6 Å². The molecule has 2 heterocycles. The minimum absolute atomic E-state index is 0.0124. The molecule has 1 aromatic carbocycles. The minimum atomic E-state index is 0.0124. The fourth-order valence-corrected chi connectivity index (χ4v) is 3.29. The van der Waals surface area contributed by atoms with Crippen LogP contribution in [0.3, 0.4) is 0 Å². The number of ether oxygens (including phenoxy) is 1. The van der Waals surface area contributed by atoms with Gasteiger partial charge in [-0.1, -0.05) is 30.3 Å². The molecule has 5 nitrogen and oxygen atoms in total. The van der Waals surface area contributed by atoms with Gasteiger partial charge in [0.25, 0.3) is 0 Å². The van der Waals surface area contributed by atoms with E-state index in [0.29, 0.717) is 5.11 Å². The highest BCUT2D eigenvalue weighted by Gasteiger charge is 2.15. The van der Waals surface area contributed by atoms with E-state index in [2.05, 4.69) is 32.7 Å². The van der Waals surface area contributed by atoms with Crippen LogP contribution >= 0.6 is 12.2 Å². The highest BCUT2D eigenvalue weighted by atomic mass is 32.1. The standard InChI is InChI=1S/C20H26N4OS/c26-20(22-9-4-12-24-13-15-25-16-14-24)23-19(17-5-2-1-3-6-17)18-7-10-21-11-8-18/h1-3,5-8,10-11,19H,4,9,12-16H2,(H2,22,23,26)/t19-/m1/s1. The molecule has 0 bridgehead atoms. The largest absolute Gasteiger partial charge is 0.379 e. The molecule has 0 aliphatic carbocycles. The number of rotatable bonds is 7. The summed E-state index contributed by atoms with van der Waals surface area (Å²) in [5, 5.41) is 7.46. The Morgan fingerprint density at radius 3 is 2.50 bits per heavy atom. The third-order valence-corrected chi connectivity index (χ3v) is 4.75. The minimum Gasteiger partial charge on any atom is -0.379 e. The molecular weight excluding hydrogens is 344 g/mol. The molecule has 0 saturated carbocycles. The molecule has 1 aromatic heterocycles. The summed E-state index contributed by atoms with van der Waals surface area (Å²) in [6.45, 7) is 5.68. The number of benzene rings is 1. The van der Waals surface area contributed by atoms with Crippen molar-refractivity contribution in [2.75, 3.05) is 39.4 Å². The van der Waals surface area contributed by atoms with E-state index in [-0.39, 0.29) is 6.04 Å². The summed E-state index contributed by atoms with van der Waals surface area (Å²) >= 11 is 5.53. The molecule has 1 saturated heterocycles. The van der Waals surface area contributed by atoms with Crippen molar-refractivity contribution in [3.8, 4) is 0 Å². The third-order valence-electron chi connectivity index (χ3n) is 4.49. The lowest BCUT2D eigenvalue weighted by Gasteiger charge is -2.26. The zero-order valence-electron chi connectivity index (χ0n) is 14.9. The third kappa shape index (κ3) is 5.76. The molecule has 1 fully saturated rings. The number of pyridine rings is 1. The van der Waals surface area contributed by atoms with E-state index >= 15 is 0 Å². The van der Waals surface area contributed by atoms with Gasteiger partial charge in [-0.25, -0.2) is 0 Å². The summed E-state index contributed by atoms with van der Waals surface area (Å²) in [4.78, 5) is 6.55. The number of nitrogens with zero attached hydrogens (tertiary/aromatic N) is 2. The van der Waals surface area contributed by atoms with E-state index in [1.165, 1.54) is 5.56 Å². The van der Waals surface area contributed by atoms with Gasteiger partial charge in [0.05, 0.1) is 19.3 Å². The van der Waals surface area contributed by atoms with Gasteiger partial charge >= 0.3 is 0 Å². The number of hydrogen-bond acceptors (Lipinski definition) is 4. The lowest BCUT2D eigenvalue weighted by atomic mass is 10.00. The molecule has 2 N–H and O–H groups in total. The van der Waals surface area contributed by atoms with Crippen molar-refractivity contribution in [3.63, 3.8) is 0 Å². The van der Waals surface area contributed by atoms with Gasteiger partial charge in [-0.3, -0.25) is 9.88 Å². The second-order valence-corrected chi connectivity index (χ2v) is 6.74. The second-order valence-electron chi connectivity index (χ2n) is 6.33. The maximum atomic E-state index is 5.53. The average Bonchev–Trinajstić information content (AvgIpc) is 2.71. The molecule has 138 valence electrons. The lowest BCUT2D eigenvalue weighted by Crippen LogP contribution is -2.41. The van der Waals surface area contributed by atoms with Gasteiger partial charge in [-0.2, -0.15) is 0 Å². The van der Waals surface area contributed by atoms with Crippen molar-refractivity contribution >= 4 is 17.3 Å². The summed E-state index contributed by atoms with van der Waals surface area (Å²) in [6.07, 6.45) is 4.69. The number of hydrogen-bond donors (Lipinski definition) is 2. The normalized spacial score (nSPS) is 16.0. The van der Waals surface area contributed by atoms with E-state index < -0.39 is 0 Å². The van der Waals surface area contributed by atoms with E-state index in [0.717, 1.165) is 51.4 Å². The van der Waals surface area contributed by atoms with Gasteiger partial charge < -0.3 is 15.4 Å². The molecule has 1 aliphatic rings. The van der Waals surface area contributed by atoms with Crippen molar-refractivity contribution in [1.82, 2.24) is 20.5 Å². The highest BCUT2D eigenvalue weighted by Crippen LogP contribution is 2.21. The van der Waals surface area contributed by atoms with E-state index in [1.54, 1.807) is 0 Å². The second kappa shape index (κ2) is 10.2. The molecule has 6 heteroatoms. The van der Waals surface area contributed by atoms with Crippen LogP contribution in [0.15, 0.2) is 54.9 Å². The molecular formula is C20H26N4OS. The molecule has 1 atom stereocenters. The van der Waals surface area contributed by atoms with Crippen LogP contribution in [0.4, 0.5) is 0 Å². The number of morpholine rings is 1. The first-order valence-electron chi connectivity index (χ1n) is 9.12. The van der Waals surface area contributed by atoms with E-state index in [4.69, 9.17) is 17.0 Å². The van der Waals surface area contributed by atoms with Gasteiger partial charge in [0.2, 0.25) is 0 Å². The van der Waals surface area contributed by atoms with Gasteiger partial charge in [0.15, 0.2) is 5.11 Å². The smallest absolute Gasteiger partial charge is 0.167 e. The van der Waals surface area contributed by atoms with Crippen LogP contribution in [0.2, 0.25) is 0 Å². The van der Waals surface area contributed by atoms with Gasteiger partial charge in [-0.15, -0.1) is 0 Å². The molecule has 3 rings (SSSR count). The molecule has 0 spiro atoms. The Morgan fingerprint density at radius 1 is 1.08 bits per heavy atom. The van der Waals surface area contributed by atoms with E-state index in [9.17, 15) is 0 Å². The SMILES string of the molecule is S=C(NCCCN1CCOCC1)N[C@H](c1ccccc1)c1ccncc1. The number of thiocarbonyl (C=S) groups is 1. The van der Waals surface area contributed by atoms with Crippen molar-refractivity contribution in [1.29, 1.82) is 0 Å². The Labute approximate surface area is 160 Å². The number of aromatic nitrogens is 1. The zero-order chi connectivity index (χ0) is 18.0. The Bertz CT molecular complexity index is 623. The van der Waals surface area contributed by atoms with Crippen molar-refractivity contribution < 1.29 is 4.74 Å².